The second-order valence-corrected chi connectivity index (χ2v) is 2.24. The van der Waals surface area contributed by atoms with Crippen LogP contribution in [0.4, 0.5) is 8.78 Å². The molecule has 4 heteroatoms. The van der Waals surface area contributed by atoms with Crippen molar-refractivity contribution in [2.45, 2.75) is 13.3 Å². The highest BCUT2D eigenvalue weighted by molar-refractivity contribution is 5.74. The third-order valence-corrected chi connectivity index (χ3v) is 1.43. The largest absolute Gasteiger partial charge is 0.351 e. The molecule has 60 valence electrons. The minimum atomic E-state index is -2.54. The molecule has 0 saturated carbocycles. The zero-order valence-corrected chi connectivity index (χ0v) is 5.90. The number of H-pyrrole nitrogens is 1. The van der Waals surface area contributed by atoms with Crippen molar-refractivity contribution in [2.75, 3.05) is 0 Å². The highest BCUT2D eigenvalue weighted by atomic mass is 19.3. The maximum atomic E-state index is 11.9. The van der Waals surface area contributed by atoms with E-state index in [4.69, 9.17) is 0 Å². The number of nitrogens with one attached hydrogen (secondary N) is 1. The molecule has 0 atom stereocenters. The van der Waals surface area contributed by atoms with Crippen molar-refractivity contribution in [3.63, 3.8) is 0 Å². The van der Waals surface area contributed by atoms with Gasteiger partial charge in [0, 0.05) is 0 Å². The van der Waals surface area contributed by atoms with Crippen LogP contribution in [0.1, 0.15) is 28.2 Å². The van der Waals surface area contributed by atoms with Crippen molar-refractivity contribution in [3.05, 3.63) is 23.0 Å². The normalized spacial score (nSPS) is 10.5. The summed E-state index contributed by atoms with van der Waals surface area (Å²) < 4.78 is 23.9. The van der Waals surface area contributed by atoms with Gasteiger partial charge in [-0.3, -0.25) is 4.79 Å². The van der Waals surface area contributed by atoms with Crippen LogP contribution in [0.3, 0.4) is 0 Å². The molecule has 0 aliphatic rings. The number of aromatic nitrogens is 1. The number of hydrogen-bond acceptors (Lipinski definition) is 1. The second-order valence-electron chi connectivity index (χ2n) is 2.24. The summed E-state index contributed by atoms with van der Waals surface area (Å²) in [6.07, 6.45) is -2.01. The van der Waals surface area contributed by atoms with Gasteiger partial charge in [0.15, 0.2) is 6.29 Å². The molecule has 0 aliphatic carbocycles. The fourth-order valence-corrected chi connectivity index (χ4v) is 0.841. The Labute approximate surface area is 62.2 Å². The molecule has 0 fully saturated rings. The van der Waals surface area contributed by atoms with Crippen LogP contribution < -0.4 is 0 Å². The van der Waals surface area contributed by atoms with Gasteiger partial charge < -0.3 is 4.98 Å². The topological polar surface area (TPSA) is 32.9 Å². The van der Waals surface area contributed by atoms with E-state index >= 15 is 0 Å². The molecule has 2 nitrogen and oxygen atoms in total. The van der Waals surface area contributed by atoms with Crippen molar-refractivity contribution in [1.29, 1.82) is 0 Å². The van der Waals surface area contributed by atoms with Crippen molar-refractivity contribution in [3.8, 4) is 0 Å². The fourth-order valence-electron chi connectivity index (χ4n) is 0.841. The summed E-state index contributed by atoms with van der Waals surface area (Å²) in [6.45, 7) is 1.60. The summed E-state index contributed by atoms with van der Waals surface area (Å²) >= 11 is 0. The summed E-state index contributed by atoms with van der Waals surface area (Å²) in [5.74, 6) is 0. The number of hydrogen-bond donors (Lipinski definition) is 1. The Balaban J connectivity index is 3.04. The molecule has 0 aliphatic heterocycles. The van der Waals surface area contributed by atoms with Gasteiger partial charge in [0.05, 0.1) is 11.4 Å². The summed E-state index contributed by atoms with van der Waals surface area (Å²) in [5, 5.41) is 0. The lowest BCUT2D eigenvalue weighted by molar-refractivity contribution is 0.111. The minimum Gasteiger partial charge on any atom is -0.351 e. The van der Waals surface area contributed by atoms with Gasteiger partial charge in [-0.05, 0) is 18.6 Å². The van der Waals surface area contributed by atoms with Crippen LogP contribution in [0.2, 0.25) is 0 Å². The van der Waals surface area contributed by atoms with Crippen LogP contribution in [-0.4, -0.2) is 11.3 Å². The molecule has 0 spiro atoms. The van der Waals surface area contributed by atoms with Crippen LogP contribution >= 0.6 is 0 Å². The van der Waals surface area contributed by atoms with Crippen molar-refractivity contribution >= 4 is 6.29 Å². The Kier molecular flexibility index (Phi) is 2.03. The van der Waals surface area contributed by atoms with Gasteiger partial charge in [0.2, 0.25) is 0 Å². The van der Waals surface area contributed by atoms with E-state index in [-0.39, 0.29) is 11.4 Å². The van der Waals surface area contributed by atoms with Crippen LogP contribution in [0, 0.1) is 6.92 Å². The average Bonchev–Trinajstić information content (AvgIpc) is 2.31. The third-order valence-electron chi connectivity index (χ3n) is 1.43. The molecule has 1 rings (SSSR count). The standard InChI is InChI=1S/C7H7F2NO/c1-4-2-5(7(8)9)10-6(4)3-11/h2-3,7,10H,1H3. The van der Waals surface area contributed by atoms with E-state index in [0.29, 0.717) is 11.8 Å². The summed E-state index contributed by atoms with van der Waals surface area (Å²) in [5.41, 5.74) is 0.570. The van der Waals surface area contributed by atoms with E-state index in [0.717, 1.165) is 0 Å². The number of carbonyl (C=O) groups excluding carboxylic acids is 1. The first-order valence-corrected chi connectivity index (χ1v) is 3.08. The molecular weight excluding hydrogens is 152 g/mol. The van der Waals surface area contributed by atoms with E-state index in [9.17, 15) is 13.6 Å². The minimum absolute atomic E-state index is 0.204. The number of aromatic amines is 1. The zero-order valence-electron chi connectivity index (χ0n) is 5.90. The number of rotatable bonds is 2. The van der Waals surface area contributed by atoms with E-state index < -0.39 is 6.43 Å². The van der Waals surface area contributed by atoms with Crippen molar-refractivity contribution in [1.82, 2.24) is 4.98 Å². The fraction of sp³-hybridized carbons (Fsp3) is 0.286. The zero-order chi connectivity index (χ0) is 8.43. The SMILES string of the molecule is Cc1cc(C(F)F)[nH]c1C=O. The second kappa shape index (κ2) is 2.82. The number of alkyl halides is 2. The van der Waals surface area contributed by atoms with Crippen molar-refractivity contribution < 1.29 is 13.6 Å². The molecule has 0 saturated heterocycles. The molecule has 0 radical (unpaired) electrons. The average molecular weight is 159 g/mol. The maximum Gasteiger partial charge on any atom is 0.278 e. The summed E-state index contributed by atoms with van der Waals surface area (Å²) in [6, 6.07) is 1.27. The first kappa shape index (κ1) is 7.91. The van der Waals surface area contributed by atoms with Gasteiger partial charge >= 0.3 is 0 Å². The van der Waals surface area contributed by atoms with Gasteiger partial charge in [-0.15, -0.1) is 0 Å². The molecule has 1 N–H and O–H groups in total. The Morgan fingerprint density at radius 3 is 2.55 bits per heavy atom. The highest BCUT2D eigenvalue weighted by Crippen LogP contribution is 2.19. The number of carbonyl (C=O) groups is 1. The van der Waals surface area contributed by atoms with E-state index in [1.807, 2.05) is 0 Å². The molecule has 0 unspecified atom stereocenters. The first-order chi connectivity index (χ1) is 5.15. The predicted octanol–water partition coefficient (Wildman–Crippen LogP) is 2.07. The van der Waals surface area contributed by atoms with Gasteiger partial charge in [0.25, 0.3) is 6.43 Å². The molecule has 0 amide bonds. The van der Waals surface area contributed by atoms with Crippen LogP contribution in [0.15, 0.2) is 6.07 Å². The van der Waals surface area contributed by atoms with Gasteiger partial charge in [0.1, 0.15) is 0 Å². The summed E-state index contributed by atoms with van der Waals surface area (Å²) in [4.78, 5) is 12.5. The molecule has 1 aromatic rings. The highest BCUT2D eigenvalue weighted by Gasteiger charge is 2.11. The van der Waals surface area contributed by atoms with Gasteiger partial charge in [-0.1, -0.05) is 0 Å². The number of halogens is 2. The quantitative estimate of drug-likeness (QED) is 0.658. The molecule has 11 heavy (non-hydrogen) atoms. The number of aryl methyl sites for hydroxylation is 1. The molecule has 0 bridgehead atoms. The lowest BCUT2D eigenvalue weighted by Crippen LogP contribution is -1.85. The van der Waals surface area contributed by atoms with Crippen LogP contribution in [0.25, 0.3) is 0 Å². The lowest BCUT2D eigenvalue weighted by Gasteiger charge is -1.90. The van der Waals surface area contributed by atoms with Gasteiger partial charge in [-0.25, -0.2) is 8.78 Å². The Morgan fingerprint density at radius 2 is 2.27 bits per heavy atom. The molecular formula is C7H7F2NO. The van der Waals surface area contributed by atoms with Gasteiger partial charge in [-0.2, -0.15) is 0 Å². The Bertz CT molecular complexity index is 267. The smallest absolute Gasteiger partial charge is 0.278 e. The molecule has 1 heterocycles. The molecule has 1 aromatic heterocycles. The van der Waals surface area contributed by atoms with E-state index in [2.05, 4.69) is 4.98 Å². The van der Waals surface area contributed by atoms with Crippen LogP contribution in [-0.2, 0) is 0 Å². The Morgan fingerprint density at radius 1 is 1.64 bits per heavy atom. The van der Waals surface area contributed by atoms with Crippen molar-refractivity contribution in [2.24, 2.45) is 0 Å². The van der Waals surface area contributed by atoms with E-state index in [1.165, 1.54) is 6.07 Å². The maximum absolute atomic E-state index is 11.9. The number of aldehydes is 1. The lowest BCUT2D eigenvalue weighted by atomic mass is 10.3. The van der Waals surface area contributed by atoms with Crippen LogP contribution in [0.5, 0.6) is 0 Å². The predicted molar refractivity (Wildman–Crippen MR) is 35.9 cm³/mol. The first-order valence-electron chi connectivity index (χ1n) is 3.08. The third kappa shape index (κ3) is 1.45. The summed E-state index contributed by atoms with van der Waals surface area (Å²) in [7, 11) is 0. The van der Waals surface area contributed by atoms with E-state index in [1.54, 1.807) is 6.92 Å². The molecule has 0 aromatic carbocycles. The Hall–Kier alpha value is -1.19. The monoisotopic (exact) mass is 159 g/mol.